The molecule has 0 aromatic heterocycles. The second kappa shape index (κ2) is 4.82. The van der Waals surface area contributed by atoms with Gasteiger partial charge in [0.2, 0.25) is 0 Å². The average molecular weight is 239 g/mol. The first-order valence-electron chi connectivity index (χ1n) is 3.94. The number of halogens is 1. The smallest absolute Gasteiger partial charge is 0.337 e. The lowest BCUT2D eigenvalue weighted by molar-refractivity contribution is -0.163. The molecule has 0 saturated heterocycles. The van der Waals surface area contributed by atoms with Crippen LogP contribution in [0.2, 0.25) is 0 Å². The van der Waals surface area contributed by atoms with Crippen LogP contribution in [0.5, 0.6) is 0 Å². The van der Waals surface area contributed by atoms with E-state index in [0.717, 1.165) is 0 Å². The van der Waals surface area contributed by atoms with Gasteiger partial charge in [-0.15, -0.1) is 0 Å². The van der Waals surface area contributed by atoms with Gasteiger partial charge in [-0.1, -0.05) is 22.9 Å². The van der Waals surface area contributed by atoms with E-state index in [0.29, 0.717) is 6.42 Å². The summed E-state index contributed by atoms with van der Waals surface area (Å²) in [5.74, 6) is -0.559. The number of carbonyl (C=O) groups excluding carboxylic acids is 1. The van der Waals surface area contributed by atoms with Gasteiger partial charge in [-0.05, 0) is 20.3 Å². The van der Waals surface area contributed by atoms with Gasteiger partial charge >= 0.3 is 5.97 Å². The normalized spacial score (nSPS) is 18.1. The number of rotatable bonds is 4. The Morgan fingerprint density at radius 2 is 2.25 bits per heavy atom. The van der Waals surface area contributed by atoms with Gasteiger partial charge in [-0.2, -0.15) is 0 Å². The molecule has 2 unspecified atom stereocenters. The molecule has 0 heterocycles. The van der Waals surface area contributed by atoms with Crippen LogP contribution in [0.1, 0.15) is 27.2 Å². The molecule has 0 aliphatic heterocycles. The minimum Gasteiger partial charge on any atom is -0.462 e. The molecule has 2 atom stereocenters. The van der Waals surface area contributed by atoms with Crippen molar-refractivity contribution in [3.63, 3.8) is 0 Å². The monoisotopic (exact) mass is 238 g/mol. The molecule has 0 aromatic carbocycles. The molecular weight excluding hydrogens is 224 g/mol. The van der Waals surface area contributed by atoms with E-state index in [4.69, 9.17) is 4.74 Å². The maximum atomic E-state index is 11.1. The first-order chi connectivity index (χ1) is 5.40. The third kappa shape index (κ3) is 4.07. The Morgan fingerprint density at radius 3 is 2.58 bits per heavy atom. The molecule has 0 spiro atoms. The lowest BCUT2D eigenvalue weighted by Crippen LogP contribution is -2.36. The predicted molar refractivity (Wildman–Crippen MR) is 50.3 cm³/mol. The molecule has 0 aromatic rings. The summed E-state index contributed by atoms with van der Waals surface area (Å²) >= 11 is 3.23. The summed E-state index contributed by atoms with van der Waals surface area (Å²) in [5, 5.41) is 9.41. The minimum atomic E-state index is -1.35. The van der Waals surface area contributed by atoms with Gasteiger partial charge in [0.1, 0.15) is 6.61 Å². The Labute approximate surface area is 81.2 Å². The second-order valence-corrected chi connectivity index (χ2v) is 4.57. The molecule has 12 heavy (non-hydrogen) atoms. The van der Waals surface area contributed by atoms with Crippen LogP contribution in [0.15, 0.2) is 0 Å². The fourth-order valence-electron chi connectivity index (χ4n) is 0.490. The summed E-state index contributed by atoms with van der Waals surface area (Å²) in [6.07, 6.45) is 0.364. The molecule has 72 valence electrons. The summed E-state index contributed by atoms with van der Waals surface area (Å²) in [6.45, 7) is 5.34. The molecule has 0 rings (SSSR count). The molecule has 0 aliphatic carbocycles. The summed E-state index contributed by atoms with van der Waals surface area (Å²) in [6, 6.07) is 0. The van der Waals surface area contributed by atoms with E-state index >= 15 is 0 Å². The van der Waals surface area contributed by atoms with Crippen LogP contribution in [0, 0.1) is 0 Å². The van der Waals surface area contributed by atoms with Crippen molar-refractivity contribution in [1.29, 1.82) is 0 Å². The summed E-state index contributed by atoms with van der Waals surface area (Å²) < 4.78 is 4.82. The Kier molecular flexibility index (Phi) is 4.78. The summed E-state index contributed by atoms with van der Waals surface area (Å²) in [5.41, 5.74) is -1.35. The largest absolute Gasteiger partial charge is 0.462 e. The van der Waals surface area contributed by atoms with E-state index in [1.54, 1.807) is 6.92 Å². The standard InChI is InChI=1S/C8H15BrO3/c1-4-8(3,11)7(10)12-5-6(2)9/h6,11H,4-5H2,1-3H3. The van der Waals surface area contributed by atoms with E-state index in [9.17, 15) is 9.90 Å². The molecule has 0 aliphatic rings. The number of carbonyl (C=O) groups is 1. The zero-order chi connectivity index (χ0) is 9.78. The quantitative estimate of drug-likeness (QED) is 0.597. The molecule has 0 radical (unpaired) electrons. The zero-order valence-corrected chi connectivity index (χ0v) is 9.22. The number of hydrogen-bond acceptors (Lipinski definition) is 3. The van der Waals surface area contributed by atoms with Crippen LogP contribution in [0.25, 0.3) is 0 Å². The Bertz CT molecular complexity index is 154. The van der Waals surface area contributed by atoms with Gasteiger partial charge in [0.05, 0.1) is 0 Å². The van der Waals surface area contributed by atoms with E-state index < -0.39 is 11.6 Å². The van der Waals surface area contributed by atoms with Crippen LogP contribution < -0.4 is 0 Å². The second-order valence-electron chi connectivity index (χ2n) is 3.01. The van der Waals surface area contributed by atoms with Gasteiger partial charge < -0.3 is 9.84 Å². The maximum Gasteiger partial charge on any atom is 0.337 e. The van der Waals surface area contributed by atoms with Crippen LogP contribution in [0.4, 0.5) is 0 Å². The first-order valence-corrected chi connectivity index (χ1v) is 4.85. The number of ether oxygens (including phenoxy) is 1. The molecule has 1 N–H and O–H groups in total. The molecule has 0 fully saturated rings. The fraction of sp³-hybridized carbons (Fsp3) is 0.875. The third-order valence-electron chi connectivity index (χ3n) is 1.57. The predicted octanol–water partition coefficient (Wildman–Crippen LogP) is 1.47. The van der Waals surface area contributed by atoms with Crippen molar-refractivity contribution in [1.82, 2.24) is 0 Å². The van der Waals surface area contributed by atoms with Gasteiger partial charge in [0, 0.05) is 4.83 Å². The topological polar surface area (TPSA) is 46.5 Å². The van der Waals surface area contributed by atoms with E-state index in [2.05, 4.69) is 15.9 Å². The number of aliphatic hydroxyl groups is 1. The van der Waals surface area contributed by atoms with Crippen molar-refractivity contribution in [3.05, 3.63) is 0 Å². The fourth-order valence-corrected chi connectivity index (χ4v) is 0.622. The van der Waals surface area contributed by atoms with Gasteiger partial charge in [-0.25, -0.2) is 4.79 Å². The highest BCUT2D eigenvalue weighted by atomic mass is 79.9. The van der Waals surface area contributed by atoms with Crippen molar-refractivity contribution in [3.8, 4) is 0 Å². The lowest BCUT2D eigenvalue weighted by atomic mass is 10.1. The maximum absolute atomic E-state index is 11.1. The molecule has 4 heteroatoms. The first kappa shape index (κ1) is 11.9. The van der Waals surface area contributed by atoms with Crippen LogP contribution in [-0.2, 0) is 9.53 Å². The lowest BCUT2D eigenvalue weighted by Gasteiger charge is -2.19. The number of esters is 1. The highest BCUT2D eigenvalue weighted by Gasteiger charge is 2.29. The van der Waals surface area contributed by atoms with Crippen molar-refractivity contribution in [2.24, 2.45) is 0 Å². The molecule has 0 amide bonds. The highest BCUT2D eigenvalue weighted by Crippen LogP contribution is 2.11. The summed E-state index contributed by atoms with van der Waals surface area (Å²) in [4.78, 5) is 11.2. The van der Waals surface area contributed by atoms with Crippen molar-refractivity contribution in [2.75, 3.05) is 6.61 Å². The van der Waals surface area contributed by atoms with Gasteiger partial charge in [-0.3, -0.25) is 0 Å². The van der Waals surface area contributed by atoms with E-state index in [1.165, 1.54) is 6.92 Å². The number of alkyl halides is 1. The molecule has 0 bridgehead atoms. The van der Waals surface area contributed by atoms with Gasteiger partial charge in [0.25, 0.3) is 0 Å². The third-order valence-corrected chi connectivity index (χ3v) is 1.84. The molecule has 3 nitrogen and oxygen atoms in total. The Hall–Kier alpha value is -0.0900. The van der Waals surface area contributed by atoms with E-state index in [1.807, 2.05) is 6.92 Å². The SMILES string of the molecule is CCC(C)(O)C(=O)OCC(C)Br. The summed E-state index contributed by atoms with van der Waals surface area (Å²) in [7, 11) is 0. The Balaban J connectivity index is 3.88. The Morgan fingerprint density at radius 1 is 1.75 bits per heavy atom. The zero-order valence-electron chi connectivity index (χ0n) is 7.63. The van der Waals surface area contributed by atoms with Crippen LogP contribution in [0.3, 0.4) is 0 Å². The van der Waals surface area contributed by atoms with Crippen molar-refractivity contribution in [2.45, 2.75) is 37.6 Å². The van der Waals surface area contributed by atoms with Gasteiger partial charge in [0.15, 0.2) is 5.60 Å². The molecule has 0 saturated carbocycles. The van der Waals surface area contributed by atoms with E-state index in [-0.39, 0.29) is 11.4 Å². The minimum absolute atomic E-state index is 0.120. The number of hydrogen-bond donors (Lipinski definition) is 1. The highest BCUT2D eigenvalue weighted by molar-refractivity contribution is 9.09. The van der Waals surface area contributed by atoms with Crippen LogP contribution in [-0.4, -0.2) is 28.1 Å². The van der Waals surface area contributed by atoms with Crippen molar-refractivity contribution < 1.29 is 14.6 Å². The average Bonchev–Trinajstić information content (AvgIpc) is 2.00. The van der Waals surface area contributed by atoms with Crippen molar-refractivity contribution >= 4 is 21.9 Å². The van der Waals surface area contributed by atoms with Crippen LogP contribution >= 0.6 is 15.9 Å². The molecular formula is C8H15BrO3.